The van der Waals surface area contributed by atoms with Crippen LogP contribution in [-0.2, 0) is 4.79 Å². The van der Waals surface area contributed by atoms with E-state index in [-0.39, 0.29) is 0 Å². The van der Waals surface area contributed by atoms with Crippen molar-refractivity contribution in [3.8, 4) is 0 Å². The fourth-order valence-corrected chi connectivity index (χ4v) is 3.51. The summed E-state index contributed by atoms with van der Waals surface area (Å²) >= 11 is 0. The van der Waals surface area contributed by atoms with Gasteiger partial charge >= 0.3 is 0 Å². The van der Waals surface area contributed by atoms with Crippen LogP contribution in [-0.4, -0.2) is 5.78 Å². The Hall–Kier alpha value is -0.330. The number of hydrogen-bond acceptors (Lipinski definition) is 1. The molecule has 0 N–H and O–H groups in total. The Kier molecular flexibility index (Phi) is 4.87. The van der Waals surface area contributed by atoms with E-state index in [4.69, 9.17) is 0 Å². The predicted octanol–water partition coefficient (Wildman–Crippen LogP) is 4.50. The first-order valence-electron chi connectivity index (χ1n) is 7.36. The van der Waals surface area contributed by atoms with Crippen molar-refractivity contribution in [3.05, 3.63) is 0 Å². The zero-order valence-corrected chi connectivity index (χ0v) is 10.5. The third kappa shape index (κ3) is 3.92. The maximum Gasteiger partial charge on any atom is 0.133 e. The Bertz CT molecular complexity index is 187. The number of ketones is 1. The smallest absolute Gasteiger partial charge is 0.133 e. The van der Waals surface area contributed by atoms with Gasteiger partial charge in [-0.15, -0.1) is 0 Å². The van der Waals surface area contributed by atoms with E-state index in [9.17, 15) is 4.79 Å². The lowest BCUT2D eigenvalue weighted by atomic mass is 9.81. The van der Waals surface area contributed by atoms with Gasteiger partial charge in [-0.3, -0.25) is 4.79 Å². The topological polar surface area (TPSA) is 17.1 Å². The first-order chi connectivity index (χ1) is 7.84. The van der Waals surface area contributed by atoms with Crippen molar-refractivity contribution >= 4 is 5.78 Å². The number of Topliss-reactive ketones (excluding diaryl/α,β-unsaturated/α-hetero) is 1. The second-order valence-electron chi connectivity index (χ2n) is 5.95. The van der Waals surface area contributed by atoms with Gasteiger partial charge in [-0.05, 0) is 11.8 Å². The Balaban J connectivity index is 1.66. The summed E-state index contributed by atoms with van der Waals surface area (Å²) in [5.41, 5.74) is 0. The van der Waals surface area contributed by atoms with Gasteiger partial charge in [-0.2, -0.15) is 0 Å². The Labute approximate surface area is 100.0 Å². The molecule has 2 aliphatic carbocycles. The molecule has 2 fully saturated rings. The van der Waals surface area contributed by atoms with Gasteiger partial charge in [-0.1, -0.05) is 64.2 Å². The molecule has 0 radical (unpaired) electrons. The van der Waals surface area contributed by atoms with Gasteiger partial charge in [0.2, 0.25) is 0 Å². The quantitative estimate of drug-likeness (QED) is 0.684. The average Bonchev–Trinajstić information content (AvgIpc) is 2.31. The normalized spacial score (nSPS) is 24.5. The molecule has 0 atom stereocenters. The summed E-state index contributed by atoms with van der Waals surface area (Å²) in [4.78, 5) is 12.0. The van der Waals surface area contributed by atoms with Gasteiger partial charge in [0.05, 0.1) is 0 Å². The van der Waals surface area contributed by atoms with Gasteiger partial charge in [0.1, 0.15) is 5.78 Å². The molecular weight excluding hydrogens is 196 g/mol. The standard InChI is InChI=1S/C15H26O/c16-15(11-13-7-3-1-4-8-13)12-14-9-5-2-6-10-14/h13-14H,1-12H2. The summed E-state index contributed by atoms with van der Waals surface area (Å²) in [6, 6.07) is 0. The molecule has 2 aliphatic rings. The molecule has 0 heterocycles. The van der Waals surface area contributed by atoms with E-state index < -0.39 is 0 Å². The van der Waals surface area contributed by atoms with Crippen molar-refractivity contribution in [2.75, 3.05) is 0 Å². The second kappa shape index (κ2) is 6.42. The minimum Gasteiger partial charge on any atom is -0.300 e. The third-order valence-electron chi connectivity index (χ3n) is 4.48. The van der Waals surface area contributed by atoms with Crippen molar-refractivity contribution in [2.45, 2.75) is 77.0 Å². The Morgan fingerprint density at radius 1 is 0.688 bits per heavy atom. The van der Waals surface area contributed by atoms with E-state index in [0.29, 0.717) is 5.78 Å². The molecule has 1 heteroatoms. The van der Waals surface area contributed by atoms with Crippen LogP contribution in [0, 0.1) is 11.8 Å². The minimum absolute atomic E-state index is 0.568. The molecule has 2 saturated carbocycles. The monoisotopic (exact) mass is 222 g/mol. The summed E-state index contributed by atoms with van der Waals surface area (Å²) < 4.78 is 0. The summed E-state index contributed by atoms with van der Waals surface area (Å²) in [7, 11) is 0. The Morgan fingerprint density at radius 2 is 1.06 bits per heavy atom. The van der Waals surface area contributed by atoms with Crippen molar-refractivity contribution in [2.24, 2.45) is 11.8 Å². The summed E-state index contributed by atoms with van der Waals surface area (Å²) in [5, 5.41) is 0. The van der Waals surface area contributed by atoms with Gasteiger partial charge in [0, 0.05) is 12.8 Å². The zero-order valence-electron chi connectivity index (χ0n) is 10.5. The summed E-state index contributed by atoms with van der Waals surface area (Å²) in [6.45, 7) is 0. The highest BCUT2D eigenvalue weighted by Crippen LogP contribution is 2.30. The molecule has 0 bridgehead atoms. The number of rotatable bonds is 4. The molecule has 0 aliphatic heterocycles. The van der Waals surface area contributed by atoms with Crippen LogP contribution in [0.2, 0.25) is 0 Å². The molecule has 0 aromatic heterocycles. The van der Waals surface area contributed by atoms with Crippen LogP contribution in [0.15, 0.2) is 0 Å². The fraction of sp³-hybridized carbons (Fsp3) is 0.933. The summed E-state index contributed by atoms with van der Waals surface area (Å²) in [6.07, 6.45) is 15.3. The first kappa shape index (κ1) is 12.1. The highest BCUT2D eigenvalue weighted by molar-refractivity contribution is 5.78. The largest absolute Gasteiger partial charge is 0.300 e. The third-order valence-corrected chi connectivity index (χ3v) is 4.48. The lowest BCUT2D eigenvalue weighted by Gasteiger charge is -2.24. The van der Waals surface area contributed by atoms with Crippen LogP contribution in [0.25, 0.3) is 0 Å². The lowest BCUT2D eigenvalue weighted by Crippen LogP contribution is -2.16. The van der Waals surface area contributed by atoms with E-state index >= 15 is 0 Å². The van der Waals surface area contributed by atoms with Crippen molar-refractivity contribution < 1.29 is 4.79 Å². The summed E-state index contributed by atoms with van der Waals surface area (Å²) in [5.74, 6) is 2.05. The molecule has 2 rings (SSSR count). The van der Waals surface area contributed by atoms with Crippen LogP contribution in [0.3, 0.4) is 0 Å². The lowest BCUT2D eigenvalue weighted by molar-refractivity contribution is -0.121. The molecule has 0 saturated heterocycles. The van der Waals surface area contributed by atoms with E-state index in [0.717, 1.165) is 24.7 Å². The van der Waals surface area contributed by atoms with Gasteiger partial charge < -0.3 is 0 Å². The number of hydrogen-bond donors (Lipinski definition) is 0. The molecule has 0 amide bonds. The van der Waals surface area contributed by atoms with Gasteiger partial charge in [-0.25, -0.2) is 0 Å². The van der Waals surface area contributed by atoms with E-state index in [2.05, 4.69) is 0 Å². The first-order valence-corrected chi connectivity index (χ1v) is 7.36. The molecule has 1 nitrogen and oxygen atoms in total. The fourth-order valence-electron chi connectivity index (χ4n) is 3.51. The maximum atomic E-state index is 12.0. The van der Waals surface area contributed by atoms with Crippen LogP contribution in [0.1, 0.15) is 77.0 Å². The zero-order chi connectivity index (χ0) is 11.2. The molecule has 0 unspecified atom stereocenters. The highest BCUT2D eigenvalue weighted by atomic mass is 16.1. The van der Waals surface area contributed by atoms with Crippen LogP contribution < -0.4 is 0 Å². The maximum absolute atomic E-state index is 12.0. The van der Waals surface area contributed by atoms with Gasteiger partial charge in [0.15, 0.2) is 0 Å². The minimum atomic E-state index is 0.568. The second-order valence-corrected chi connectivity index (χ2v) is 5.95. The molecule has 0 aromatic carbocycles. The van der Waals surface area contributed by atoms with E-state index in [1.165, 1.54) is 64.2 Å². The van der Waals surface area contributed by atoms with Crippen LogP contribution >= 0.6 is 0 Å². The van der Waals surface area contributed by atoms with Crippen molar-refractivity contribution in [1.82, 2.24) is 0 Å². The van der Waals surface area contributed by atoms with E-state index in [1.807, 2.05) is 0 Å². The number of carbonyl (C=O) groups is 1. The average molecular weight is 222 g/mol. The van der Waals surface area contributed by atoms with Crippen LogP contribution in [0.4, 0.5) is 0 Å². The molecule has 92 valence electrons. The van der Waals surface area contributed by atoms with Crippen LogP contribution in [0.5, 0.6) is 0 Å². The Morgan fingerprint density at radius 3 is 1.44 bits per heavy atom. The molecule has 0 aromatic rings. The van der Waals surface area contributed by atoms with Crippen molar-refractivity contribution in [1.29, 1.82) is 0 Å². The van der Waals surface area contributed by atoms with Crippen molar-refractivity contribution in [3.63, 3.8) is 0 Å². The highest BCUT2D eigenvalue weighted by Gasteiger charge is 2.20. The van der Waals surface area contributed by atoms with Gasteiger partial charge in [0.25, 0.3) is 0 Å². The molecular formula is C15H26O. The number of carbonyl (C=O) groups excluding carboxylic acids is 1. The van der Waals surface area contributed by atoms with E-state index in [1.54, 1.807) is 0 Å². The SMILES string of the molecule is O=C(CC1CCCCC1)CC1CCCCC1. The molecule has 16 heavy (non-hydrogen) atoms. The molecule has 0 spiro atoms. The predicted molar refractivity (Wildman–Crippen MR) is 67.4 cm³/mol.